The third kappa shape index (κ3) is 4.11. The zero-order valence-corrected chi connectivity index (χ0v) is 14.7. The fraction of sp³-hybridized carbons (Fsp3) is 0.455. The fourth-order valence-corrected chi connectivity index (χ4v) is 3.51. The first kappa shape index (κ1) is 16.9. The molecule has 2 nitrogen and oxygen atoms in total. The van der Waals surface area contributed by atoms with E-state index in [4.69, 9.17) is 4.74 Å². The standard InChI is InChI=1S/C22H28O2/c1-2-3-4-5-6-7-8-13-24-20-10-12-22-18(16-20)14-17-15-19(23)9-11-21(17)22/h9-12,15-16,23H,2-8,13-14H2,1H3. The van der Waals surface area contributed by atoms with Gasteiger partial charge in [0.1, 0.15) is 11.5 Å². The van der Waals surface area contributed by atoms with E-state index in [9.17, 15) is 5.11 Å². The molecule has 24 heavy (non-hydrogen) atoms. The van der Waals surface area contributed by atoms with Crippen LogP contribution in [0.4, 0.5) is 0 Å². The normalized spacial score (nSPS) is 12.0. The van der Waals surface area contributed by atoms with Crippen molar-refractivity contribution in [2.24, 2.45) is 0 Å². The second-order valence-corrected chi connectivity index (χ2v) is 6.81. The maximum Gasteiger partial charge on any atom is 0.119 e. The van der Waals surface area contributed by atoms with Crippen LogP contribution in [0, 0.1) is 0 Å². The SMILES string of the molecule is CCCCCCCCCOc1ccc2c(c1)Cc1cc(O)ccc1-2. The van der Waals surface area contributed by atoms with Crippen LogP contribution < -0.4 is 4.74 Å². The molecule has 2 heteroatoms. The molecule has 3 rings (SSSR count). The first-order chi connectivity index (χ1) is 11.8. The van der Waals surface area contributed by atoms with Gasteiger partial charge in [0.05, 0.1) is 6.61 Å². The van der Waals surface area contributed by atoms with Crippen molar-refractivity contribution in [3.05, 3.63) is 47.5 Å². The first-order valence-corrected chi connectivity index (χ1v) is 9.36. The highest BCUT2D eigenvalue weighted by molar-refractivity contribution is 5.78. The molecule has 0 fully saturated rings. The quantitative estimate of drug-likeness (QED) is 0.482. The van der Waals surface area contributed by atoms with Crippen LogP contribution in [0.25, 0.3) is 11.1 Å². The molecule has 0 spiro atoms. The fourth-order valence-electron chi connectivity index (χ4n) is 3.51. The van der Waals surface area contributed by atoms with Crippen molar-refractivity contribution >= 4 is 0 Å². The molecular formula is C22H28O2. The van der Waals surface area contributed by atoms with Gasteiger partial charge in [-0.2, -0.15) is 0 Å². The second-order valence-electron chi connectivity index (χ2n) is 6.81. The maximum absolute atomic E-state index is 9.64. The van der Waals surface area contributed by atoms with Crippen molar-refractivity contribution in [2.75, 3.05) is 6.61 Å². The summed E-state index contributed by atoms with van der Waals surface area (Å²) in [5, 5.41) is 9.64. The zero-order valence-electron chi connectivity index (χ0n) is 14.7. The summed E-state index contributed by atoms with van der Waals surface area (Å²) in [5.41, 5.74) is 5.01. The van der Waals surface area contributed by atoms with Gasteiger partial charge in [-0.05, 0) is 59.4 Å². The molecule has 1 N–H and O–H groups in total. The van der Waals surface area contributed by atoms with E-state index in [0.717, 1.165) is 25.2 Å². The smallest absolute Gasteiger partial charge is 0.119 e. The number of phenols is 1. The van der Waals surface area contributed by atoms with Crippen molar-refractivity contribution in [2.45, 2.75) is 58.3 Å². The molecule has 1 aliphatic rings. The molecule has 128 valence electrons. The van der Waals surface area contributed by atoms with Crippen molar-refractivity contribution in [3.8, 4) is 22.6 Å². The van der Waals surface area contributed by atoms with Gasteiger partial charge in [0.15, 0.2) is 0 Å². The highest BCUT2D eigenvalue weighted by atomic mass is 16.5. The van der Waals surface area contributed by atoms with Gasteiger partial charge in [0, 0.05) is 0 Å². The summed E-state index contributed by atoms with van der Waals surface area (Å²) in [6.45, 7) is 3.06. The lowest BCUT2D eigenvalue weighted by atomic mass is 10.1. The molecule has 0 aliphatic heterocycles. The topological polar surface area (TPSA) is 29.5 Å². The van der Waals surface area contributed by atoms with E-state index in [2.05, 4.69) is 25.1 Å². The Labute approximate surface area is 145 Å². The summed E-state index contributed by atoms with van der Waals surface area (Å²) in [4.78, 5) is 0. The number of hydrogen-bond acceptors (Lipinski definition) is 2. The number of rotatable bonds is 9. The molecule has 2 aromatic carbocycles. The lowest BCUT2D eigenvalue weighted by molar-refractivity contribution is 0.304. The minimum atomic E-state index is 0.344. The number of benzene rings is 2. The molecule has 0 atom stereocenters. The number of unbranched alkanes of at least 4 members (excludes halogenated alkanes) is 6. The van der Waals surface area contributed by atoms with Crippen molar-refractivity contribution < 1.29 is 9.84 Å². The Morgan fingerprint density at radius 2 is 1.50 bits per heavy atom. The average molecular weight is 324 g/mol. The molecular weight excluding hydrogens is 296 g/mol. The van der Waals surface area contributed by atoms with Gasteiger partial charge in [-0.3, -0.25) is 0 Å². The minimum Gasteiger partial charge on any atom is -0.508 e. The Morgan fingerprint density at radius 3 is 2.29 bits per heavy atom. The van der Waals surface area contributed by atoms with Crippen LogP contribution in [0.1, 0.15) is 63.0 Å². The second kappa shape index (κ2) is 8.23. The Kier molecular flexibility index (Phi) is 5.79. The van der Waals surface area contributed by atoms with Gasteiger partial charge in [0.25, 0.3) is 0 Å². The van der Waals surface area contributed by atoms with Gasteiger partial charge in [-0.15, -0.1) is 0 Å². The monoisotopic (exact) mass is 324 g/mol. The maximum atomic E-state index is 9.64. The van der Waals surface area contributed by atoms with Crippen molar-refractivity contribution in [1.29, 1.82) is 0 Å². The van der Waals surface area contributed by atoms with Crippen molar-refractivity contribution in [1.82, 2.24) is 0 Å². The zero-order chi connectivity index (χ0) is 16.8. The molecule has 0 bridgehead atoms. The number of phenolic OH excluding ortho intramolecular Hbond substituents is 1. The highest BCUT2D eigenvalue weighted by Crippen LogP contribution is 2.39. The molecule has 0 heterocycles. The molecule has 1 aliphatic carbocycles. The Morgan fingerprint density at radius 1 is 0.833 bits per heavy atom. The third-order valence-electron chi connectivity index (χ3n) is 4.85. The van der Waals surface area contributed by atoms with Gasteiger partial charge < -0.3 is 9.84 Å². The molecule has 0 aromatic heterocycles. The van der Waals surface area contributed by atoms with Gasteiger partial charge in [0.2, 0.25) is 0 Å². The number of hydrogen-bond donors (Lipinski definition) is 1. The summed E-state index contributed by atoms with van der Waals surface area (Å²) in [6.07, 6.45) is 10.0. The van der Waals surface area contributed by atoms with E-state index in [1.807, 2.05) is 12.1 Å². The molecule has 0 saturated carbocycles. The van der Waals surface area contributed by atoms with Crippen LogP contribution in [-0.4, -0.2) is 11.7 Å². The summed E-state index contributed by atoms with van der Waals surface area (Å²) >= 11 is 0. The summed E-state index contributed by atoms with van der Waals surface area (Å²) < 4.78 is 5.93. The van der Waals surface area contributed by atoms with E-state index in [-0.39, 0.29) is 0 Å². The lowest BCUT2D eigenvalue weighted by Gasteiger charge is -2.08. The number of fused-ring (bicyclic) bond motifs is 3. The summed E-state index contributed by atoms with van der Waals surface area (Å²) in [6, 6.07) is 12.0. The summed E-state index contributed by atoms with van der Waals surface area (Å²) in [5.74, 6) is 1.31. The highest BCUT2D eigenvalue weighted by Gasteiger charge is 2.19. The predicted molar refractivity (Wildman–Crippen MR) is 99.8 cm³/mol. The Hall–Kier alpha value is -1.96. The Balaban J connectivity index is 1.46. The third-order valence-corrected chi connectivity index (χ3v) is 4.85. The molecule has 2 aromatic rings. The van der Waals surface area contributed by atoms with Crippen LogP contribution in [0.3, 0.4) is 0 Å². The van der Waals surface area contributed by atoms with Crippen LogP contribution >= 0.6 is 0 Å². The lowest BCUT2D eigenvalue weighted by Crippen LogP contribution is -1.98. The van der Waals surface area contributed by atoms with Crippen LogP contribution in [0.5, 0.6) is 11.5 Å². The minimum absolute atomic E-state index is 0.344. The van der Waals surface area contributed by atoms with Crippen LogP contribution in [-0.2, 0) is 6.42 Å². The Bertz CT molecular complexity index is 676. The summed E-state index contributed by atoms with van der Waals surface area (Å²) in [7, 11) is 0. The van der Waals surface area contributed by atoms with E-state index in [0.29, 0.717) is 5.75 Å². The first-order valence-electron chi connectivity index (χ1n) is 9.36. The number of ether oxygens (including phenoxy) is 1. The van der Waals surface area contributed by atoms with E-state index in [1.54, 1.807) is 6.07 Å². The van der Waals surface area contributed by atoms with Crippen molar-refractivity contribution in [3.63, 3.8) is 0 Å². The van der Waals surface area contributed by atoms with E-state index >= 15 is 0 Å². The average Bonchev–Trinajstić information content (AvgIpc) is 2.93. The largest absolute Gasteiger partial charge is 0.508 e. The van der Waals surface area contributed by atoms with E-state index in [1.165, 1.54) is 60.8 Å². The molecule has 0 saturated heterocycles. The van der Waals surface area contributed by atoms with Gasteiger partial charge in [-0.25, -0.2) is 0 Å². The molecule has 0 amide bonds. The van der Waals surface area contributed by atoms with Crippen LogP contribution in [0.2, 0.25) is 0 Å². The van der Waals surface area contributed by atoms with Crippen LogP contribution in [0.15, 0.2) is 36.4 Å². The number of aromatic hydroxyl groups is 1. The predicted octanol–water partition coefficient (Wildman–Crippen LogP) is 6.09. The molecule has 0 unspecified atom stereocenters. The molecule has 0 radical (unpaired) electrons. The van der Waals surface area contributed by atoms with Gasteiger partial charge >= 0.3 is 0 Å². The van der Waals surface area contributed by atoms with E-state index < -0.39 is 0 Å². The van der Waals surface area contributed by atoms with Gasteiger partial charge in [-0.1, -0.05) is 57.6 Å².